The molecule has 92 valence electrons. The molecule has 1 aliphatic carbocycles. The number of nitrogens with two attached hydrogens (primary N) is 1. The van der Waals surface area contributed by atoms with E-state index in [0.717, 1.165) is 12.8 Å². The molecule has 3 N–H and O–H groups in total. The van der Waals surface area contributed by atoms with Crippen molar-refractivity contribution in [2.45, 2.75) is 25.3 Å². The Bertz CT molecular complexity index is 402. The Morgan fingerprint density at radius 1 is 1.41 bits per heavy atom. The van der Waals surface area contributed by atoms with Crippen LogP contribution >= 0.6 is 0 Å². The summed E-state index contributed by atoms with van der Waals surface area (Å²) in [5.74, 6) is -0.110. The van der Waals surface area contributed by atoms with Gasteiger partial charge in [0.05, 0.1) is 0 Å². The molecule has 0 heterocycles. The van der Waals surface area contributed by atoms with Crippen molar-refractivity contribution >= 4 is 5.91 Å². The van der Waals surface area contributed by atoms with Crippen molar-refractivity contribution in [3.8, 4) is 0 Å². The molecule has 1 saturated carbocycles. The zero-order valence-electron chi connectivity index (χ0n) is 9.66. The van der Waals surface area contributed by atoms with Crippen LogP contribution in [0.5, 0.6) is 0 Å². The monoisotopic (exact) mass is 236 g/mol. The summed E-state index contributed by atoms with van der Waals surface area (Å²) in [5.41, 5.74) is 6.25. The van der Waals surface area contributed by atoms with Crippen LogP contribution < -0.4 is 11.1 Å². The lowest BCUT2D eigenvalue weighted by atomic mass is 9.80. The van der Waals surface area contributed by atoms with Gasteiger partial charge in [-0.15, -0.1) is 0 Å². The third kappa shape index (κ3) is 3.03. The lowest BCUT2D eigenvalue weighted by molar-refractivity contribution is -0.127. The number of nitrogens with one attached hydrogen (secondary N) is 1. The Morgan fingerprint density at radius 2 is 2.12 bits per heavy atom. The maximum absolute atomic E-state index is 13.3. The van der Waals surface area contributed by atoms with Crippen LogP contribution in [0.2, 0.25) is 0 Å². The Hall–Kier alpha value is -1.42. The Balaban J connectivity index is 1.73. The molecule has 1 aliphatic rings. The van der Waals surface area contributed by atoms with Crippen molar-refractivity contribution in [2.75, 3.05) is 6.54 Å². The van der Waals surface area contributed by atoms with E-state index in [1.165, 1.54) is 6.07 Å². The number of rotatable bonds is 4. The van der Waals surface area contributed by atoms with Crippen LogP contribution in [0.4, 0.5) is 4.39 Å². The first-order chi connectivity index (χ1) is 8.16. The van der Waals surface area contributed by atoms with Crippen molar-refractivity contribution in [3.05, 3.63) is 35.6 Å². The van der Waals surface area contributed by atoms with Gasteiger partial charge in [-0.25, -0.2) is 4.39 Å². The fourth-order valence-corrected chi connectivity index (χ4v) is 2.04. The Kier molecular flexibility index (Phi) is 3.74. The smallest absolute Gasteiger partial charge is 0.223 e. The zero-order valence-corrected chi connectivity index (χ0v) is 9.66. The quantitative estimate of drug-likeness (QED) is 0.826. The van der Waals surface area contributed by atoms with Gasteiger partial charge < -0.3 is 11.1 Å². The first kappa shape index (κ1) is 12.0. The molecule has 1 aromatic rings. The zero-order chi connectivity index (χ0) is 12.3. The van der Waals surface area contributed by atoms with Crippen molar-refractivity contribution in [3.63, 3.8) is 0 Å². The summed E-state index contributed by atoms with van der Waals surface area (Å²) in [4.78, 5) is 11.6. The SMILES string of the molecule is NC1CC(C(=O)NCCc2ccccc2F)C1. The van der Waals surface area contributed by atoms with E-state index in [4.69, 9.17) is 5.73 Å². The first-order valence-corrected chi connectivity index (χ1v) is 5.93. The van der Waals surface area contributed by atoms with Gasteiger partial charge in [-0.3, -0.25) is 4.79 Å². The molecule has 1 fully saturated rings. The highest BCUT2D eigenvalue weighted by Crippen LogP contribution is 2.25. The van der Waals surface area contributed by atoms with E-state index < -0.39 is 0 Å². The summed E-state index contributed by atoms with van der Waals surface area (Å²) in [5, 5.41) is 2.82. The van der Waals surface area contributed by atoms with Gasteiger partial charge in [-0.1, -0.05) is 18.2 Å². The van der Waals surface area contributed by atoms with E-state index in [1.54, 1.807) is 18.2 Å². The molecule has 0 unspecified atom stereocenters. The average Bonchev–Trinajstić information content (AvgIpc) is 2.27. The number of hydrogen-bond acceptors (Lipinski definition) is 2. The number of benzene rings is 1. The van der Waals surface area contributed by atoms with Gasteiger partial charge in [-0.05, 0) is 30.9 Å². The fourth-order valence-electron chi connectivity index (χ4n) is 2.04. The van der Waals surface area contributed by atoms with Crippen molar-refractivity contribution in [2.24, 2.45) is 11.7 Å². The molecule has 1 aromatic carbocycles. The van der Waals surface area contributed by atoms with Crippen molar-refractivity contribution in [1.82, 2.24) is 5.32 Å². The predicted molar refractivity (Wildman–Crippen MR) is 63.8 cm³/mol. The third-order valence-electron chi connectivity index (χ3n) is 3.20. The number of amides is 1. The Labute approximate surface area is 100 Å². The van der Waals surface area contributed by atoms with Crippen LogP contribution in [0.1, 0.15) is 18.4 Å². The van der Waals surface area contributed by atoms with Gasteiger partial charge in [-0.2, -0.15) is 0 Å². The lowest BCUT2D eigenvalue weighted by Crippen LogP contribution is -2.45. The van der Waals surface area contributed by atoms with Crippen molar-refractivity contribution < 1.29 is 9.18 Å². The predicted octanol–water partition coefficient (Wildman–Crippen LogP) is 1.22. The maximum Gasteiger partial charge on any atom is 0.223 e. The number of halogens is 1. The van der Waals surface area contributed by atoms with Gasteiger partial charge in [0.25, 0.3) is 0 Å². The van der Waals surface area contributed by atoms with Gasteiger partial charge in [0.1, 0.15) is 5.82 Å². The van der Waals surface area contributed by atoms with Crippen molar-refractivity contribution in [1.29, 1.82) is 0 Å². The summed E-state index contributed by atoms with van der Waals surface area (Å²) in [7, 11) is 0. The van der Waals surface area contributed by atoms with E-state index in [0.29, 0.717) is 18.5 Å². The molecule has 0 aliphatic heterocycles. The molecule has 0 saturated heterocycles. The average molecular weight is 236 g/mol. The van der Waals surface area contributed by atoms with Crippen LogP contribution in [0, 0.1) is 11.7 Å². The van der Waals surface area contributed by atoms with E-state index in [2.05, 4.69) is 5.32 Å². The second kappa shape index (κ2) is 5.27. The van der Waals surface area contributed by atoms with E-state index >= 15 is 0 Å². The Morgan fingerprint density at radius 3 is 2.76 bits per heavy atom. The molecule has 4 heteroatoms. The van der Waals surface area contributed by atoms with Crippen LogP contribution in [-0.4, -0.2) is 18.5 Å². The van der Waals surface area contributed by atoms with Crippen LogP contribution in [0.15, 0.2) is 24.3 Å². The standard InChI is InChI=1S/C13H17FN2O/c14-12-4-2-1-3-9(12)5-6-16-13(17)10-7-11(15)8-10/h1-4,10-11H,5-8,15H2,(H,16,17). The highest BCUT2D eigenvalue weighted by atomic mass is 19.1. The highest BCUT2D eigenvalue weighted by molar-refractivity contribution is 5.79. The lowest BCUT2D eigenvalue weighted by Gasteiger charge is -2.31. The molecule has 3 nitrogen and oxygen atoms in total. The largest absolute Gasteiger partial charge is 0.356 e. The van der Waals surface area contributed by atoms with E-state index in [1.807, 2.05) is 0 Å². The second-order valence-electron chi connectivity index (χ2n) is 4.56. The molecule has 0 atom stereocenters. The minimum atomic E-state index is -0.215. The highest BCUT2D eigenvalue weighted by Gasteiger charge is 2.31. The molecule has 17 heavy (non-hydrogen) atoms. The van der Waals surface area contributed by atoms with E-state index in [9.17, 15) is 9.18 Å². The maximum atomic E-state index is 13.3. The van der Waals surface area contributed by atoms with Crippen LogP contribution in [-0.2, 0) is 11.2 Å². The molecular weight excluding hydrogens is 219 g/mol. The molecule has 1 amide bonds. The number of carbonyl (C=O) groups is 1. The summed E-state index contributed by atoms with van der Waals surface area (Å²) in [6.45, 7) is 0.478. The number of carbonyl (C=O) groups excluding carboxylic acids is 1. The second-order valence-corrected chi connectivity index (χ2v) is 4.56. The minimum Gasteiger partial charge on any atom is -0.356 e. The number of hydrogen-bond donors (Lipinski definition) is 2. The van der Waals surface area contributed by atoms with Gasteiger partial charge >= 0.3 is 0 Å². The first-order valence-electron chi connectivity index (χ1n) is 5.93. The van der Waals surface area contributed by atoms with Crippen LogP contribution in [0.3, 0.4) is 0 Å². The molecular formula is C13H17FN2O. The summed E-state index contributed by atoms with van der Waals surface area (Å²) in [6.07, 6.45) is 2.06. The minimum absolute atomic E-state index is 0.0445. The third-order valence-corrected chi connectivity index (χ3v) is 3.20. The summed E-state index contributed by atoms with van der Waals surface area (Å²) in [6, 6.07) is 6.80. The molecule has 2 rings (SSSR count). The molecule has 0 spiro atoms. The molecule has 0 radical (unpaired) electrons. The van der Waals surface area contributed by atoms with Gasteiger partial charge in [0.2, 0.25) is 5.91 Å². The van der Waals surface area contributed by atoms with Gasteiger partial charge in [0.15, 0.2) is 0 Å². The van der Waals surface area contributed by atoms with Gasteiger partial charge in [0, 0.05) is 18.5 Å². The normalized spacial score (nSPS) is 22.9. The topological polar surface area (TPSA) is 55.1 Å². The summed E-state index contributed by atoms with van der Waals surface area (Å²) >= 11 is 0. The fraction of sp³-hybridized carbons (Fsp3) is 0.462. The van der Waals surface area contributed by atoms with Crippen LogP contribution in [0.25, 0.3) is 0 Å². The molecule has 0 aromatic heterocycles. The van der Waals surface area contributed by atoms with E-state index in [-0.39, 0.29) is 23.7 Å². The molecule has 0 bridgehead atoms. The summed E-state index contributed by atoms with van der Waals surface area (Å²) < 4.78 is 13.3.